The second-order valence-corrected chi connectivity index (χ2v) is 10.4. The summed E-state index contributed by atoms with van der Waals surface area (Å²) >= 11 is 0. The molecular weight excluding hydrogens is 308 g/mol. The van der Waals surface area contributed by atoms with Gasteiger partial charge in [-0.05, 0) is 36.6 Å². The Morgan fingerprint density at radius 2 is 1.67 bits per heavy atom. The Bertz CT molecular complexity index is 390. The molecule has 0 aliphatic carbocycles. The molecule has 0 aromatic carbocycles. The van der Waals surface area contributed by atoms with Crippen molar-refractivity contribution in [3.8, 4) is 0 Å². The van der Waals surface area contributed by atoms with E-state index in [1.54, 1.807) is 0 Å². The van der Waals surface area contributed by atoms with Crippen LogP contribution in [0.5, 0.6) is 0 Å². The second-order valence-electron chi connectivity index (χ2n) is 6.51. The Morgan fingerprint density at radius 1 is 1.14 bits per heavy atom. The van der Waals surface area contributed by atoms with Crippen molar-refractivity contribution < 1.29 is 17.8 Å². The highest BCUT2D eigenvalue weighted by Crippen LogP contribution is 2.20. The smallest absolute Gasteiger partial charge is 0.187 e. The minimum Gasteiger partial charge on any atom is -0.748 e. The largest absolute Gasteiger partial charge is 0.748 e. The number of ketones is 1. The molecule has 0 saturated carbocycles. The normalized spacial score (nSPS) is 17.0. The van der Waals surface area contributed by atoms with Gasteiger partial charge in [0.1, 0.15) is 11.5 Å². The summed E-state index contributed by atoms with van der Waals surface area (Å²) in [5, 5.41) is 0. The van der Waals surface area contributed by atoms with Crippen molar-refractivity contribution in [3.05, 3.63) is 0 Å². The average molecular weight is 339 g/mol. The van der Waals surface area contributed by atoms with Gasteiger partial charge < -0.3 is 4.55 Å². The summed E-state index contributed by atoms with van der Waals surface area (Å²) in [7, 11) is -3.51. The van der Waals surface area contributed by atoms with Crippen LogP contribution >= 0.6 is 0 Å². The predicted octanol–water partition coefficient (Wildman–Crippen LogP) is 2.74. The van der Waals surface area contributed by atoms with Crippen molar-refractivity contribution in [3.63, 3.8) is 0 Å². The van der Waals surface area contributed by atoms with Gasteiger partial charge in [0.25, 0.3) is 0 Å². The molecule has 1 fully saturated rings. The highest BCUT2D eigenvalue weighted by atomic mass is 32.2. The molecule has 0 bridgehead atoms. The first-order valence-corrected chi connectivity index (χ1v) is 11.0. The number of hydrogen-bond acceptors (Lipinski definition) is 4. The minimum absolute atomic E-state index is 0.121. The summed E-state index contributed by atoms with van der Waals surface area (Å²) in [6.45, 7) is 7.93. The van der Waals surface area contributed by atoms with Crippen LogP contribution in [-0.2, 0) is 25.8 Å². The van der Waals surface area contributed by atoms with E-state index in [4.69, 9.17) is 0 Å². The van der Waals surface area contributed by atoms with Gasteiger partial charge in [-0.3, -0.25) is 4.79 Å². The Morgan fingerprint density at radius 3 is 2.00 bits per heavy atom. The summed E-state index contributed by atoms with van der Waals surface area (Å²) in [5.74, 6) is 3.70. The second kappa shape index (κ2) is 9.85. The van der Waals surface area contributed by atoms with Crippen molar-refractivity contribution in [2.75, 3.05) is 23.0 Å². The van der Waals surface area contributed by atoms with Crippen molar-refractivity contribution in [2.45, 2.75) is 59.8 Å². The molecule has 6 heteroatoms. The van der Waals surface area contributed by atoms with Gasteiger partial charge in [-0.15, -0.1) is 0 Å². The van der Waals surface area contributed by atoms with E-state index in [1.807, 2.05) is 27.7 Å². The number of unbranched alkanes of at least 4 members (excludes halogenated alkanes) is 1. The summed E-state index contributed by atoms with van der Waals surface area (Å²) in [6, 6.07) is 0. The predicted molar refractivity (Wildman–Crippen MR) is 89.8 cm³/mol. The molecule has 1 aliphatic rings. The first-order chi connectivity index (χ1) is 9.56. The van der Waals surface area contributed by atoms with Crippen molar-refractivity contribution in [2.24, 2.45) is 5.41 Å². The molecule has 0 aromatic rings. The Hall–Kier alpha value is -0.0700. The third kappa shape index (κ3) is 12.2. The molecular formula is C15H30O4S2. The Labute approximate surface area is 133 Å². The number of rotatable bonds is 5. The monoisotopic (exact) mass is 338 g/mol. The van der Waals surface area contributed by atoms with E-state index in [0.717, 1.165) is 12.2 Å². The molecule has 0 spiro atoms. The van der Waals surface area contributed by atoms with E-state index in [0.29, 0.717) is 23.1 Å². The van der Waals surface area contributed by atoms with Crippen LogP contribution in [0.25, 0.3) is 0 Å². The van der Waals surface area contributed by atoms with E-state index >= 15 is 0 Å². The number of hydrogen-bond donors (Lipinski definition) is 0. The molecule has 4 nitrogen and oxygen atoms in total. The quantitative estimate of drug-likeness (QED) is 0.570. The van der Waals surface area contributed by atoms with Gasteiger partial charge in [0, 0.05) is 11.2 Å². The SMILES string of the molecule is CC(C)(C)C(=O)C[S+]1CCCCC1.CCCCS(=O)(=O)[O-]. The number of carbonyl (C=O) groups excluding carboxylic acids is 1. The zero-order chi connectivity index (χ0) is 16.5. The lowest BCUT2D eigenvalue weighted by molar-refractivity contribution is -0.123. The molecule has 0 unspecified atom stereocenters. The van der Waals surface area contributed by atoms with E-state index in [1.165, 1.54) is 30.8 Å². The number of Topliss-reactive ketones (excluding diaryl/α,β-unsaturated/α-hetero) is 1. The lowest BCUT2D eigenvalue weighted by Gasteiger charge is -2.18. The molecule has 1 aliphatic heterocycles. The van der Waals surface area contributed by atoms with E-state index in [9.17, 15) is 17.8 Å². The fourth-order valence-corrected chi connectivity index (χ4v) is 4.92. The molecule has 1 rings (SSSR count). The molecule has 1 saturated heterocycles. The summed E-state index contributed by atoms with van der Waals surface area (Å²) < 4.78 is 29.5. The summed E-state index contributed by atoms with van der Waals surface area (Å²) in [4.78, 5) is 11.7. The first kappa shape index (κ1) is 20.9. The van der Waals surface area contributed by atoms with Crippen molar-refractivity contribution >= 4 is 26.8 Å². The van der Waals surface area contributed by atoms with Gasteiger partial charge >= 0.3 is 0 Å². The molecule has 0 aromatic heterocycles. The van der Waals surface area contributed by atoms with Gasteiger partial charge in [0.15, 0.2) is 11.5 Å². The van der Waals surface area contributed by atoms with Crippen molar-refractivity contribution in [1.29, 1.82) is 0 Å². The fourth-order valence-electron chi connectivity index (χ4n) is 1.76. The van der Waals surface area contributed by atoms with E-state index < -0.39 is 10.1 Å². The van der Waals surface area contributed by atoms with Crippen molar-refractivity contribution in [1.82, 2.24) is 0 Å². The van der Waals surface area contributed by atoms with Crippen LogP contribution in [0.3, 0.4) is 0 Å². The maximum atomic E-state index is 11.7. The zero-order valence-electron chi connectivity index (χ0n) is 13.8. The Balaban J connectivity index is 0.000000433. The third-order valence-electron chi connectivity index (χ3n) is 3.29. The molecule has 0 amide bonds. The van der Waals surface area contributed by atoms with E-state index in [-0.39, 0.29) is 11.2 Å². The zero-order valence-corrected chi connectivity index (χ0v) is 15.4. The van der Waals surface area contributed by atoms with Crippen LogP contribution in [0.2, 0.25) is 0 Å². The van der Waals surface area contributed by atoms with Crippen LogP contribution in [0, 0.1) is 5.41 Å². The van der Waals surface area contributed by atoms with Crippen LogP contribution in [0.15, 0.2) is 0 Å². The van der Waals surface area contributed by atoms with Crippen LogP contribution in [-0.4, -0.2) is 41.8 Å². The van der Waals surface area contributed by atoms with Crippen LogP contribution in [0.4, 0.5) is 0 Å². The standard InChI is InChI=1S/C11H21OS.C4H10O3S/c1-11(2,3)10(12)9-13-7-5-4-6-8-13;1-2-3-4-8(5,6)7/h4-9H2,1-3H3;2-4H2,1H3,(H,5,6,7)/q+1;/p-1. The van der Waals surface area contributed by atoms with Crippen LogP contribution in [0.1, 0.15) is 59.8 Å². The number of carbonyl (C=O) groups is 1. The van der Waals surface area contributed by atoms with E-state index in [2.05, 4.69) is 0 Å². The molecule has 1 heterocycles. The van der Waals surface area contributed by atoms with Gasteiger partial charge in [-0.25, -0.2) is 8.42 Å². The molecule has 126 valence electrons. The van der Waals surface area contributed by atoms with Gasteiger partial charge in [0.05, 0.1) is 10.1 Å². The molecule has 0 radical (unpaired) electrons. The Kier molecular flexibility index (Phi) is 9.81. The lowest BCUT2D eigenvalue weighted by Crippen LogP contribution is -2.32. The van der Waals surface area contributed by atoms with Gasteiger partial charge in [-0.1, -0.05) is 34.1 Å². The van der Waals surface area contributed by atoms with Gasteiger partial charge in [-0.2, -0.15) is 0 Å². The lowest BCUT2D eigenvalue weighted by atomic mass is 9.92. The minimum atomic E-state index is -3.94. The fraction of sp³-hybridized carbons (Fsp3) is 0.933. The highest BCUT2D eigenvalue weighted by Gasteiger charge is 2.30. The first-order valence-electron chi connectivity index (χ1n) is 7.67. The van der Waals surface area contributed by atoms with Gasteiger partial charge in [0.2, 0.25) is 0 Å². The van der Waals surface area contributed by atoms with Crippen LogP contribution < -0.4 is 0 Å². The topological polar surface area (TPSA) is 74.3 Å². The molecule has 21 heavy (non-hydrogen) atoms. The maximum Gasteiger partial charge on any atom is 0.187 e. The maximum absolute atomic E-state index is 11.7. The third-order valence-corrected chi connectivity index (χ3v) is 6.48. The molecule has 0 atom stereocenters. The highest BCUT2D eigenvalue weighted by molar-refractivity contribution is 7.97. The summed E-state index contributed by atoms with van der Waals surface area (Å²) in [6.07, 6.45) is 5.31. The average Bonchev–Trinajstić information content (AvgIpc) is 2.36. The molecule has 0 N–H and O–H groups in total. The summed E-state index contributed by atoms with van der Waals surface area (Å²) in [5.41, 5.74) is -0.121.